The SMILES string of the molecule is O=C(COC(=O)c1ccc2c(c1)S(=O)(=O)c1ccccc1C2=O)NC(=O)[C@H]1COc2ccccc2O1. The van der Waals surface area contributed by atoms with Crippen molar-refractivity contribution < 1.29 is 41.8 Å². The normalized spacial score (nSPS) is 16.8. The van der Waals surface area contributed by atoms with Crippen LogP contribution < -0.4 is 14.8 Å². The molecule has 0 fully saturated rings. The topological polar surface area (TPSA) is 142 Å². The van der Waals surface area contributed by atoms with E-state index >= 15 is 0 Å². The van der Waals surface area contributed by atoms with Crippen molar-refractivity contribution in [2.75, 3.05) is 13.2 Å². The highest BCUT2D eigenvalue weighted by molar-refractivity contribution is 7.91. The maximum Gasteiger partial charge on any atom is 0.338 e. The molecule has 5 rings (SSSR count). The average Bonchev–Trinajstić information content (AvgIpc) is 2.90. The molecule has 0 saturated carbocycles. The molecule has 0 aliphatic carbocycles. The third kappa shape index (κ3) is 4.09. The molecule has 3 aromatic carbocycles. The van der Waals surface area contributed by atoms with Gasteiger partial charge in [0, 0.05) is 11.1 Å². The fourth-order valence-electron chi connectivity index (χ4n) is 3.83. The first-order valence-electron chi connectivity index (χ1n) is 10.7. The monoisotopic (exact) mass is 507 g/mol. The van der Waals surface area contributed by atoms with Gasteiger partial charge in [-0.25, -0.2) is 13.2 Å². The molecule has 11 heteroatoms. The van der Waals surface area contributed by atoms with Crippen molar-refractivity contribution >= 4 is 33.4 Å². The van der Waals surface area contributed by atoms with Crippen molar-refractivity contribution in [2.45, 2.75) is 15.9 Å². The first kappa shape index (κ1) is 23.2. The number of fused-ring (bicyclic) bond motifs is 3. The van der Waals surface area contributed by atoms with Gasteiger partial charge in [-0.2, -0.15) is 0 Å². The number of benzene rings is 3. The van der Waals surface area contributed by atoms with Gasteiger partial charge in [0.05, 0.1) is 15.4 Å². The summed E-state index contributed by atoms with van der Waals surface area (Å²) in [5.41, 5.74) is -0.188. The van der Waals surface area contributed by atoms with E-state index in [1.54, 1.807) is 30.3 Å². The minimum absolute atomic E-state index is 0.0532. The van der Waals surface area contributed by atoms with E-state index in [0.717, 1.165) is 6.07 Å². The molecule has 1 N–H and O–H groups in total. The summed E-state index contributed by atoms with van der Waals surface area (Å²) in [7, 11) is -4.05. The van der Waals surface area contributed by atoms with E-state index in [9.17, 15) is 27.6 Å². The van der Waals surface area contributed by atoms with Crippen LogP contribution in [0.2, 0.25) is 0 Å². The molecule has 2 amide bonds. The zero-order valence-corrected chi connectivity index (χ0v) is 19.2. The Hall–Kier alpha value is -4.51. The fraction of sp³-hybridized carbons (Fsp3) is 0.120. The van der Waals surface area contributed by atoms with Gasteiger partial charge in [-0.15, -0.1) is 0 Å². The highest BCUT2D eigenvalue weighted by Gasteiger charge is 2.35. The molecule has 3 aromatic rings. The average molecular weight is 507 g/mol. The Morgan fingerprint density at radius 3 is 2.42 bits per heavy atom. The number of rotatable bonds is 4. The number of imide groups is 1. The minimum Gasteiger partial charge on any atom is -0.485 e. The van der Waals surface area contributed by atoms with Crippen molar-refractivity contribution in [1.29, 1.82) is 0 Å². The van der Waals surface area contributed by atoms with Crippen LogP contribution in [0.15, 0.2) is 76.5 Å². The molecule has 182 valence electrons. The number of esters is 1. The Morgan fingerprint density at radius 2 is 1.61 bits per heavy atom. The van der Waals surface area contributed by atoms with Crippen LogP contribution in [-0.4, -0.2) is 51.3 Å². The summed E-state index contributed by atoms with van der Waals surface area (Å²) < 4.78 is 41.9. The summed E-state index contributed by atoms with van der Waals surface area (Å²) in [5, 5.41) is 2.07. The van der Waals surface area contributed by atoms with Gasteiger partial charge >= 0.3 is 5.97 Å². The molecule has 0 bridgehead atoms. The van der Waals surface area contributed by atoms with Crippen LogP contribution in [-0.2, 0) is 24.2 Å². The van der Waals surface area contributed by atoms with Crippen molar-refractivity contribution in [3.8, 4) is 11.5 Å². The molecule has 0 aromatic heterocycles. The van der Waals surface area contributed by atoms with Crippen molar-refractivity contribution in [1.82, 2.24) is 5.32 Å². The number of para-hydroxylation sites is 2. The Labute approximate surface area is 204 Å². The van der Waals surface area contributed by atoms with Gasteiger partial charge in [-0.1, -0.05) is 24.3 Å². The summed E-state index contributed by atoms with van der Waals surface area (Å²) >= 11 is 0. The number of carbonyl (C=O) groups excluding carboxylic acids is 4. The lowest BCUT2D eigenvalue weighted by molar-refractivity contribution is -0.137. The van der Waals surface area contributed by atoms with Gasteiger partial charge in [0.1, 0.15) is 6.61 Å². The summed E-state index contributed by atoms with van der Waals surface area (Å²) in [6, 6.07) is 16.0. The molecule has 0 radical (unpaired) electrons. The highest BCUT2D eigenvalue weighted by Crippen LogP contribution is 2.35. The van der Waals surface area contributed by atoms with Gasteiger partial charge in [-0.3, -0.25) is 19.7 Å². The molecule has 2 aliphatic heterocycles. The predicted octanol–water partition coefficient (Wildman–Crippen LogP) is 1.70. The molecule has 2 aliphatic rings. The maximum absolute atomic E-state index is 13.0. The van der Waals surface area contributed by atoms with Crippen molar-refractivity contribution in [3.05, 3.63) is 83.4 Å². The number of sulfone groups is 1. The largest absolute Gasteiger partial charge is 0.485 e. The molecule has 36 heavy (non-hydrogen) atoms. The molecular formula is C25H17NO9S. The minimum atomic E-state index is -4.05. The van der Waals surface area contributed by atoms with Crippen LogP contribution in [0.3, 0.4) is 0 Å². The fourth-order valence-corrected chi connectivity index (χ4v) is 5.51. The zero-order chi connectivity index (χ0) is 25.4. The molecule has 0 saturated heterocycles. The number of ether oxygens (including phenoxy) is 3. The molecule has 1 atom stereocenters. The number of hydrogen-bond acceptors (Lipinski definition) is 9. The summed E-state index contributed by atoms with van der Waals surface area (Å²) in [6.45, 7) is -0.915. The number of amides is 2. The van der Waals surface area contributed by atoms with Gasteiger partial charge in [0.15, 0.2) is 23.9 Å². The van der Waals surface area contributed by atoms with Crippen LogP contribution in [0.25, 0.3) is 0 Å². The third-order valence-electron chi connectivity index (χ3n) is 5.57. The molecule has 0 unspecified atom stereocenters. The Kier molecular flexibility index (Phi) is 5.77. The quantitative estimate of drug-likeness (QED) is 0.408. The maximum atomic E-state index is 13.0. The summed E-state index contributed by atoms with van der Waals surface area (Å²) in [4.78, 5) is 49.2. The second-order valence-corrected chi connectivity index (χ2v) is 9.78. The van der Waals surface area contributed by atoms with Crippen LogP contribution in [0, 0.1) is 0 Å². The van der Waals surface area contributed by atoms with E-state index in [0.29, 0.717) is 11.5 Å². The van der Waals surface area contributed by atoms with Crippen LogP contribution >= 0.6 is 0 Å². The van der Waals surface area contributed by atoms with Gasteiger partial charge in [0.2, 0.25) is 15.9 Å². The van der Waals surface area contributed by atoms with Gasteiger partial charge in [0.25, 0.3) is 11.8 Å². The van der Waals surface area contributed by atoms with E-state index in [1.165, 1.54) is 30.3 Å². The van der Waals surface area contributed by atoms with Crippen LogP contribution in [0.5, 0.6) is 11.5 Å². The predicted molar refractivity (Wildman–Crippen MR) is 122 cm³/mol. The first-order valence-corrected chi connectivity index (χ1v) is 12.2. The lowest BCUT2D eigenvalue weighted by atomic mass is 10.0. The first-order chi connectivity index (χ1) is 17.3. The lowest BCUT2D eigenvalue weighted by Gasteiger charge is -2.25. The summed E-state index contributed by atoms with van der Waals surface area (Å²) in [6.07, 6.45) is -1.08. The van der Waals surface area contributed by atoms with E-state index in [2.05, 4.69) is 5.32 Å². The van der Waals surface area contributed by atoms with E-state index in [4.69, 9.17) is 14.2 Å². The summed E-state index contributed by atoms with van der Waals surface area (Å²) in [5.74, 6) is -2.35. The second-order valence-electron chi connectivity index (χ2n) is 7.89. The van der Waals surface area contributed by atoms with Crippen molar-refractivity contribution in [3.63, 3.8) is 0 Å². The van der Waals surface area contributed by atoms with E-state index in [1.807, 2.05) is 0 Å². The Morgan fingerprint density at radius 1 is 0.917 bits per heavy atom. The lowest BCUT2D eigenvalue weighted by Crippen LogP contribution is -2.47. The van der Waals surface area contributed by atoms with E-state index < -0.39 is 46.1 Å². The molecule has 0 spiro atoms. The van der Waals surface area contributed by atoms with E-state index in [-0.39, 0.29) is 33.1 Å². The Bertz CT molecular complexity index is 1540. The molecule has 10 nitrogen and oxygen atoms in total. The van der Waals surface area contributed by atoms with Crippen LogP contribution in [0.4, 0.5) is 0 Å². The number of nitrogens with one attached hydrogen (secondary N) is 1. The Balaban J connectivity index is 1.23. The zero-order valence-electron chi connectivity index (χ0n) is 18.4. The van der Waals surface area contributed by atoms with Gasteiger partial charge < -0.3 is 14.2 Å². The number of carbonyl (C=O) groups is 4. The molecular weight excluding hydrogens is 490 g/mol. The molecule has 2 heterocycles. The standard InChI is InChI=1S/C25H17NO9S/c27-22(26-24(29)19-12-33-17-6-2-3-7-18(17)35-19)13-34-25(30)14-9-10-16-21(11-14)36(31,32)20-8-4-1-5-15(20)23(16)28/h1-11,19H,12-13H2,(H,26,27,29)/t19-/m1/s1. The smallest absolute Gasteiger partial charge is 0.338 e. The van der Waals surface area contributed by atoms with Gasteiger partial charge in [-0.05, 0) is 42.5 Å². The second kappa shape index (κ2) is 8.93. The highest BCUT2D eigenvalue weighted by atomic mass is 32.2. The number of hydrogen-bond donors (Lipinski definition) is 1. The van der Waals surface area contributed by atoms with Crippen molar-refractivity contribution in [2.24, 2.45) is 0 Å². The van der Waals surface area contributed by atoms with Crippen LogP contribution in [0.1, 0.15) is 26.3 Å². The third-order valence-corrected chi connectivity index (χ3v) is 7.42. The number of ketones is 1.